The van der Waals surface area contributed by atoms with E-state index in [1.54, 1.807) is 24.0 Å². The number of amides is 2. The molecule has 0 aliphatic heterocycles. The van der Waals surface area contributed by atoms with Gasteiger partial charge in [0.2, 0.25) is 11.8 Å². The zero-order chi connectivity index (χ0) is 24.1. The fourth-order valence-corrected chi connectivity index (χ4v) is 5.03. The fourth-order valence-electron chi connectivity index (χ4n) is 4.70. The molecule has 0 bridgehead atoms. The van der Waals surface area contributed by atoms with Gasteiger partial charge in [0.15, 0.2) is 0 Å². The normalized spacial score (nSPS) is 14.8. The van der Waals surface area contributed by atoms with Crippen molar-refractivity contribution in [2.45, 2.75) is 64.1 Å². The van der Waals surface area contributed by atoms with E-state index in [9.17, 15) is 9.59 Å². The van der Waals surface area contributed by atoms with E-state index in [1.165, 1.54) is 0 Å². The first-order valence-corrected chi connectivity index (χ1v) is 12.7. The van der Waals surface area contributed by atoms with Crippen LogP contribution in [0.1, 0.15) is 50.2 Å². The Morgan fingerprint density at radius 1 is 1.00 bits per heavy atom. The third kappa shape index (κ3) is 5.92. The molecule has 0 saturated heterocycles. The molecule has 1 aliphatic carbocycles. The average Bonchev–Trinajstić information content (AvgIpc) is 3.35. The minimum atomic E-state index is -0.588. The van der Waals surface area contributed by atoms with Gasteiger partial charge in [0.05, 0.1) is 10.0 Å². The van der Waals surface area contributed by atoms with Gasteiger partial charge in [-0.3, -0.25) is 9.59 Å². The number of rotatable bonds is 8. The van der Waals surface area contributed by atoms with Gasteiger partial charge < -0.3 is 10.2 Å². The van der Waals surface area contributed by atoms with Gasteiger partial charge in [-0.2, -0.15) is 0 Å². The lowest BCUT2D eigenvalue weighted by molar-refractivity contribution is -0.140. The maximum atomic E-state index is 13.5. The smallest absolute Gasteiger partial charge is 0.242 e. The number of carbonyl (C=O) groups excluding carboxylic acids is 2. The van der Waals surface area contributed by atoms with Crippen molar-refractivity contribution < 1.29 is 9.59 Å². The minimum absolute atomic E-state index is 0.0620. The standard InChI is InChI=1S/C28H30Cl2N2O2/c1-19(28(34)31-23-10-3-4-11-23)32(18-20-13-15-25(29)26(30)17-20)27(33)16-14-22-9-6-8-21-7-2-5-12-24(21)22/h2,5-9,12-13,15,17,19,23H,3-4,10-11,14,16,18H2,1H3,(H,31,34)/t19-/m0/s1. The van der Waals surface area contributed by atoms with E-state index in [4.69, 9.17) is 23.2 Å². The number of aryl methyl sites for hydroxylation is 1. The summed E-state index contributed by atoms with van der Waals surface area (Å²) in [5, 5.41) is 6.35. The van der Waals surface area contributed by atoms with Crippen molar-refractivity contribution in [2.75, 3.05) is 0 Å². The van der Waals surface area contributed by atoms with Crippen molar-refractivity contribution in [1.29, 1.82) is 0 Å². The number of carbonyl (C=O) groups is 2. The van der Waals surface area contributed by atoms with Crippen molar-refractivity contribution in [3.63, 3.8) is 0 Å². The predicted molar refractivity (Wildman–Crippen MR) is 139 cm³/mol. The lowest BCUT2D eigenvalue weighted by atomic mass is 10.0. The Morgan fingerprint density at radius 2 is 1.74 bits per heavy atom. The summed E-state index contributed by atoms with van der Waals surface area (Å²) in [6.45, 7) is 2.10. The van der Waals surface area contributed by atoms with E-state index in [0.717, 1.165) is 47.6 Å². The number of nitrogens with one attached hydrogen (secondary N) is 1. The molecule has 1 fully saturated rings. The third-order valence-electron chi connectivity index (χ3n) is 6.69. The second-order valence-corrected chi connectivity index (χ2v) is 9.89. The lowest BCUT2D eigenvalue weighted by Crippen LogP contribution is -2.49. The molecule has 4 rings (SSSR count). The highest BCUT2D eigenvalue weighted by molar-refractivity contribution is 6.42. The molecule has 6 heteroatoms. The first kappa shape index (κ1) is 24.6. The van der Waals surface area contributed by atoms with E-state index in [0.29, 0.717) is 29.4 Å². The van der Waals surface area contributed by atoms with Crippen LogP contribution in [-0.4, -0.2) is 28.8 Å². The van der Waals surface area contributed by atoms with Crippen LogP contribution in [0.25, 0.3) is 10.8 Å². The molecule has 0 aromatic heterocycles. The van der Waals surface area contributed by atoms with Gasteiger partial charge in [-0.05, 0) is 60.2 Å². The van der Waals surface area contributed by atoms with Gasteiger partial charge in [0.1, 0.15) is 6.04 Å². The molecule has 0 unspecified atom stereocenters. The Balaban J connectivity index is 1.52. The Morgan fingerprint density at radius 3 is 2.50 bits per heavy atom. The number of hydrogen-bond acceptors (Lipinski definition) is 2. The van der Waals surface area contributed by atoms with Crippen LogP contribution in [0, 0.1) is 0 Å². The highest BCUT2D eigenvalue weighted by Gasteiger charge is 2.28. The zero-order valence-corrected chi connectivity index (χ0v) is 20.9. The summed E-state index contributed by atoms with van der Waals surface area (Å²) in [4.78, 5) is 28.2. The molecule has 0 spiro atoms. The highest BCUT2D eigenvalue weighted by Crippen LogP contribution is 2.25. The quantitative estimate of drug-likeness (QED) is 0.384. The molecule has 178 valence electrons. The Kier molecular flexibility index (Phi) is 8.12. The predicted octanol–water partition coefficient (Wildman–Crippen LogP) is 6.56. The molecule has 1 saturated carbocycles. The largest absolute Gasteiger partial charge is 0.352 e. The van der Waals surface area contributed by atoms with Gasteiger partial charge >= 0.3 is 0 Å². The molecule has 2 amide bonds. The highest BCUT2D eigenvalue weighted by atomic mass is 35.5. The number of nitrogens with zero attached hydrogens (tertiary/aromatic N) is 1. The third-order valence-corrected chi connectivity index (χ3v) is 7.43. The van der Waals surface area contributed by atoms with Crippen molar-refractivity contribution in [1.82, 2.24) is 10.2 Å². The molecular formula is C28H30Cl2N2O2. The molecule has 1 aliphatic rings. The Labute approximate surface area is 211 Å². The van der Waals surface area contributed by atoms with Crippen LogP contribution in [0.15, 0.2) is 60.7 Å². The van der Waals surface area contributed by atoms with Gasteiger partial charge in [-0.25, -0.2) is 0 Å². The van der Waals surface area contributed by atoms with Gasteiger partial charge in [0.25, 0.3) is 0 Å². The second-order valence-electron chi connectivity index (χ2n) is 9.07. The van der Waals surface area contributed by atoms with Crippen LogP contribution in [0.4, 0.5) is 0 Å². The average molecular weight is 497 g/mol. The van der Waals surface area contributed by atoms with Crippen LogP contribution in [-0.2, 0) is 22.6 Å². The lowest BCUT2D eigenvalue weighted by Gasteiger charge is -2.30. The SMILES string of the molecule is C[C@@H](C(=O)NC1CCCC1)N(Cc1ccc(Cl)c(Cl)c1)C(=O)CCc1cccc2ccccc12. The fraction of sp³-hybridized carbons (Fsp3) is 0.357. The molecule has 1 atom stereocenters. The first-order chi connectivity index (χ1) is 16.4. The molecule has 3 aromatic rings. The summed E-state index contributed by atoms with van der Waals surface area (Å²) in [5.41, 5.74) is 1.97. The molecule has 0 radical (unpaired) electrons. The van der Waals surface area contributed by atoms with Crippen molar-refractivity contribution in [2.24, 2.45) is 0 Å². The summed E-state index contributed by atoms with van der Waals surface area (Å²) in [6, 6.07) is 19.3. The summed E-state index contributed by atoms with van der Waals surface area (Å²) >= 11 is 12.3. The van der Waals surface area contributed by atoms with E-state index >= 15 is 0 Å². The van der Waals surface area contributed by atoms with Crippen LogP contribution in [0.2, 0.25) is 10.0 Å². The number of halogens is 2. The zero-order valence-electron chi connectivity index (χ0n) is 19.4. The monoisotopic (exact) mass is 496 g/mol. The molecule has 34 heavy (non-hydrogen) atoms. The van der Waals surface area contributed by atoms with Crippen LogP contribution in [0.3, 0.4) is 0 Å². The van der Waals surface area contributed by atoms with Gasteiger partial charge in [0, 0.05) is 19.0 Å². The van der Waals surface area contributed by atoms with Crippen LogP contribution in [0.5, 0.6) is 0 Å². The molecule has 4 nitrogen and oxygen atoms in total. The number of fused-ring (bicyclic) bond motifs is 1. The summed E-state index contributed by atoms with van der Waals surface area (Å²) in [5.74, 6) is -0.168. The van der Waals surface area contributed by atoms with Gasteiger partial charge in [-0.15, -0.1) is 0 Å². The first-order valence-electron chi connectivity index (χ1n) is 11.9. The van der Waals surface area contributed by atoms with E-state index in [2.05, 4.69) is 29.6 Å². The van der Waals surface area contributed by atoms with Crippen molar-refractivity contribution in [3.05, 3.63) is 81.8 Å². The van der Waals surface area contributed by atoms with Crippen LogP contribution >= 0.6 is 23.2 Å². The Bertz CT molecular complexity index is 1170. The van der Waals surface area contributed by atoms with Crippen molar-refractivity contribution >= 4 is 45.8 Å². The van der Waals surface area contributed by atoms with Crippen molar-refractivity contribution in [3.8, 4) is 0 Å². The molecular weight excluding hydrogens is 467 g/mol. The maximum Gasteiger partial charge on any atom is 0.242 e. The molecule has 0 heterocycles. The van der Waals surface area contributed by atoms with Gasteiger partial charge in [-0.1, -0.05) is 84.6 Å². The maximum absolute atomic E-state index is 13.5. The number of hydrogen-bond donors (Lipinski definition) is 1. The van der Waals surface area contributed by atoms with E-state index in [1.807, 2.05) is 24.3 Å². The van der Waals surface area contributed by atoms with E-state index < -0.39 is 6.04 Å². The van der Waals surface area contributed by atoms with E-state index in [-0.39, 0.29) is 17.9 Å². The topological polar surface area (TPSA) is 49.4 Å². The number of benzene rings is 3. The minimum Gasteiger partial charge on any atom is -0.352 e. The second kappa shape index (κ2) is 11.2. The summed E-state index contributed by atoms with van der Waals surface area (Å²) in [7, 11) is 0. The Hall–Kier alpha value is -2.56. The summed E-state index contributed by atoms with van der Waals surface area (Å²) < 4.78 is 0. The molecule has 1 N–H and O–H groups in total. The summed E-state index contributed by atoms with van der Waals surface area (Å²) in [6.07, 6.45) is 5.19. The van der Waals surface area contributed by atoms with Crippen LogP contribution < -0.4 is 5.32 Å². The molecule has 3 aromatic carbocycles.